The van der Waals surface area contributed by atoms with Crippen molar-refractivity contribution in [3.05, 3.63) is 18.3 Å². The summed E-state index contributed by atoms with van der Waals surface area (Å²) in [7, 11) is 5.87. The summed E-state index contributed by atoms with van der Waals surface area (Å²) in [5.41, 5.74) is 0. The van der Waals surface area contributed by atoms with Gasteiger partial charge in [-0.25, -0.2) is 4.98 Å². The molecular formula is C14H23N3O. The smallest absolute Gasteiger partial charge is 0.171 e. The monoisotopic (exact) mass is 249 g/mol. The molecule has 0 amide bonds. The maximum absolute atomic E-state index is 5.38. The van der Waals surface area contributed by atoms with E-state index in [-0.39, 0.29) is 0 Å². The number of aromatic nitrogens is 1. The van der Waals surface area contributed by atoms with E-state index < -0.39 is 0 Å². The summed E-state index contributed by atoms with van der Waals surface area (Å²) in [5, 5.41) is 3.37. The molecule has 0 aromatic carbocycles. The average Bonchev–Trinajstić information content (AvgIpc) is 2.46. The molecule has 0 saturated heterocycles. The number of nitrogens with one attached hydrogen (secondary N) is 1. The molecular weight excluding hydrogens is 226 g/mol. The molecule has 1 fully saturated rings. The van der Waals surface area contributed by atoms with Gasteiger partial charge in [0.25, 0.3) is 0 Å². The number of hydrogen-bond acceptors (Lipinski definition) is 4. The minimum atomic E-state index is 0.568. The van der Waals surface area contributed by atoms with Crippen LogP contribution < -0.4 is 15.0 Å². The first-order valence-corrected chi connectivity index (χ1v) is 6.65. The number of anilines is 1. The summed E-state index contributed by atoms with van der Waals surface area (Å²) in [6.07, 6.45) is 6.72. The van der Waals surface area contributed by atoms with Crippen molar-refractivity contribution in [2.24, 2.45) is 0 Å². The predicted octanol–water partition coefficient (Wildman–Crippen LogP) is 2.06. The van der Waals surface area contributed by atoms with Crippen LogP contribution in [-0.2, 0) is 0 Å². The third-order valence-electron chi connectivity index (χ3n) is 3.96. The van der Waals surface area contributed by atoms with Crippen molar-refractivity contribution >= 4 is 5.82 Å². The molecule has 0 unspecified atom stereocenters. The Labute approximate surface area is 109 Å². The van der Waals surface area contributed by atoms with Gasteiger partial charge in [0.15, 0.2) is 11.6 Å². The number of ether oxygens (including phenoxy) is 1. The normalized spacial score (nSPS) is 23.7. The molecule has 1 saturated carbocycles. The van der Waals surface area contributed by atoms with E-state index in [1.807, 2.05) is 18.3 Å². The lowest BCUT2D eigenvalue weighted by Gasteiger charge is -2.35. The minimum Gasteiger partial charge on any atom is -0.493 e. The lowest BCUT2D eigenvalue weighted by molar-refractivity contribution is 0.347. The molecule has 4 nitrogen and oxygen atoms in total. The number of hydrogen-bond donors (Lipinski definition) is 1. The third-order valence-corrected chi connectivity index (χ3v) is 3.96. The number of rotatable bonds is 4. The summed E-state index contributed by atoms with van der Waals surface area (Å²) in [6, 6.07) is 5.13. The van der Waals surface area contributed by atoms with E-state index >= 15 is 0 Å². The topological polar surface area (TPSA) is 37.4 Å². The first-order valence-electron chi connectivity index (χ1n) is 6.65. The Bertz CT molecular complexity index is 375. The van der Waals surface area contributed by atoms with Gasteiger partial charge in [0.1, 0.15) is 0 Å². The summed E-state index contributed by atoms with van der Waals surface area (Å²) in [6.45, 7) is 0. The van der Waals surface area contributed by atoms with E-state index in [4.69, 9.17) is 4.74 Å². The van der Waals surface area contributed by atoms with Gasteiger partial charge in [-0.3, -0.25) is 0 Å². The summed E-state index contributed by atoms with van der Waals surface area (Å²) < 4.78 is 5.38. The zero-order valence-corrected chi connectivity index (χ0v) is 11.5. The van der Waals surface area contributed by atoms with Gasteiger partial charge in [0.2, 0.25) is 0 Å². The molecule has 1 heterocycles. The molecule has 1 N–H and O–H groups in total. The number of pyridine rings is 1. The Morgan fingerprint density at radius 3 is 2.67 bits per heavy atom. The molecule has 4 heteroatoms. The fraction of sp³-hybridized carbons (Fsp3) is 0.643. The summed E-state index contributed by atoms with van der Waals surface area (Å²) in [5.74, 6) is 1.81. The fourth-order valence-corrected chi connectivity index (χ4v) is 2.73. The van der Waals surface area contributed by atoms with E-state index in [0.717, 1.165) is 11.6 Å². The van der Waals surface area contributed by atoms with Gasteiger partial charge in [-0.1, -0.05) is 0 Å². The van der Waals surface area contributed by atoms with Gasteiger partial charge < -0.3 is 15.0 Å². The second-order valence-corrected chi connectivity index (χ2v) is 4.93. The highest BCUT2D eigenvalue weighted by atomic mass is 16.5. The zero-order valence-electron chi connectivity index (χ0n) is 11.5. The molecule has 0 bridgehead atoms. The minimum absolute atomic E-state index is 0.568. The van der Waals surface area contributed by atoms with Crippen LogP contribution >= 0.6 is 0 Å². The Hall–Kier alpha value is -1.29. The van der Waals surface area contributed by atoms with Crippen molar-refractivity contribution in [2.75, 3.05) is 26.1 Å². The average molecular weight is 249 g/mol. The van der Waals surface area contributed by atoms with Crippen LogP contribution in [0.5, 0.6) is 5.75 Å². The Balaban J connectivity index is 2.05. The summed E-state index contributed by atoms with van der Waals surface area (Å²) >= 11 is 0. The van der Waals surface area contributed by atoms with E-state index in [0.29, 0.717) is 12.1 Å². The molecule has 0 aliphatic heterocycles. The molecule has 18 heavy (non-hydrogen) atoms. The van der Waals surface area contributed by atoms with E-state index in [9.17, 15) is 0 Å². The van der Waals surface area contributed by atoms with E-state index in [1.165, 1.54) is 25.7 Å². The molecule has 0 spiro atoms. The predicted molar refractivity (Wildman–Crippen MR) is 74.3 cm³/mol. The number of methoxy groups -OCH3 is 1. The van der Waals surface area contributed by atoms with E-state index in [2.05, 4.69) is 29.3 Å². The molecule has 0 atom stereocenters. The van der Waals surface area contributed by atoms with Crippen LogP contribution in [0.4, 0.5) is 5.82 Å². The van der Waals surface area contributed by atoms with Crippen LogP contribution in [-0.4, -0.2) is 38.3 Å². The molecule has 1 aliphatic rings. The molecule has 100 valence electrons. The molecule has 2 rings (SSSR count). The maximum atomic E-state index is 5.38. The molecule has 1 aromatic heterocycles. The second kappa shape index (κ2) is 6.05. The van der Waals surface area contributed by atoms with Gasteiger partial charge in [0, 0.05) is 25.3 Å². The Kier molecular flexibility index (Phi) is 4.42. The Morgan fingerprint density at radius 1 is 1.33 bits per heavy atom. The quantitative estimate of drug-likeness (QED) is 0.886. The maximum Gasteiger partial charge on any atom is 0.171 e. The first kappa shape index (κ1) is 13.1. The molecule has 1 aliphatic carbocycles. The third kappa shape index (κ3) is 2.75. The van der Waals surface area contributed by atoms with Gasteiger partial charge >= 0.3 is 0 Å². The van der Waals surface area contributed by atoms with Gasteiger partial charge in [0.05, 0.1) is 7.11 Å². The van der Waals surface area contributed by atoms with Crippen LogP contribution in [0.3, 0.4) is 0 Å². The van der Waals surface area contributed by atoms with Crippen molar-refractivity contribution in [3.8, 4) is 5.75 Å². The zero-order chi connectivity index (χ0) is 13.0. The second-order valence-electron chi connectivity index (χ2n) is 4.93. The number of nitrogens with zero attached hydrogens (tertiary/aromatic N) is 2. The standard InChI is InChI=1S/C14H23N3O/c1-15-11-6-8-12(9-7-11)17(2)14-13(18-3)5-4-10-16-14/h4-5,10-12,15H,6-9H2,1-3H3. The summed E-state index contributed by atoms with van der Waals surface area (Å²) in [4.78, 5) is 6.72. The van der Waals surface area contributed by atoms with Crippen LogP contribution in [0.25, 0.3) is 0 Å². The van der Waals surface area contributed by atoms with Crippen molar-refractivity contribution in [2.45, 2.75) is 37.8 Å². The van der Waals surface area contributed by atoms with E-state index in [1.54, 1.807) is 7.11 Å². The molecule has 1 aromatic rings. The van der Waals surface area contributed by atoms with Crippen molar-refractivity contribution in [1.29, 1.82) is 0 Å². The molecule has 0 radical (unpaired) electrons. The van der Waals surface area contributed by atoms with Crippen molar-refractivity contribution in [1.82, 2.24) is 10.3 Å². The van der Waals surface area contributed by atoms with Crippen molar-refractivity contribution in [3.63, 3.8) is 0 Å². The van der Waals surface area contributed by atoms with Gasteiger partial charge in [-0.15, -0.1) is 0 Å². The SMILES string of the molecule is CNC1CCC(N(C)c2ncccc2OC)CC1. The van der Waals surface area contributed by atoms with Crippen LogP contribution in [0.2, 0.25) is 0 Å². The highest BCUT2D eigenvalue weighted by molar-refractivity contribution is 5.52. The van der Waals surface area contributed by atoms with Crippen molar-refractivity contribution < 1.29 is 4.74 Å². The van der Waals surface area contributed by atoms with Gasteiger partial charge in [-0.05, 0) is 44.9 Å². The highest BCUT2D eigenvalue weighted by Gasteiger charge is 2.25. The highest BCUT2D eigenvalue weighted by Crippen LogP contribution is 2.30. The van der Waals surface area contributed by atoms with Crippen LogP contribution in [0.15, 0.2) is 18.3 Å². The lowest BCUT2D eigenvalue weighted by atomic mass is 9.90. The largest absolute Gasteiger partial charge is 0.493 e. The van der Waals surface area contributed by atoms with Crippen LogP contribution in [0.1, 0.15) is 25.7 Å². The Morgan fingerprint density at radius 2 is 2.06 bits per heavy atom. The lowest BCUT2D eigenvalue weighted by Crippen LogP contribution is -2.40. The van der Waals surface area contributed by atoms with Crippen LogP contribution in [0, 0.1) is 0 Å². The first-order chi connectivity index (χ1) is 8.76. The van der Waals surface area contributed by atoms with Gasteiger partial charge in [-0.2, -0.15) is 0 Å². The fourth-order valence-electron chi connectivity index (χ4n) is 2.73.